The summed E-state index contributed by atoms with van der Waals surface area (Å²) in [6.07, 6.45) is -1.05. The average Bonchev–Trinajstić information content (AvgIpc) is 1.96. The van der Waals surface area contributed by atoms with Gasteiger partial charge in [-0.1, -0.05) is 0 Å². The van der Waals surface area contributed by atoms with Gasteiger partial charge in [-0.05, 0) is 0 Å². The van der Waals surface area contributed by atoms with E-state index in [0.717, 1.165) is 0 Å². The fourth-order valence-corrected chi connectivity index (χ4v) is 1.44. The first-order valence-electron chi connectivity index (χ1n) is 3.34. The van der Waals surface area contributed by atoms with Crippen LogP contribution in [0, 0.1) is 5.92 Å². The Kier molecular flexibility index (Phi) is 4.21. The van der Waals surface area contributed by atoms with Crippen molar-refractivity contribution in [2.75, 3.05) is 0 Å². The zero-order chi connectivity index (χ0) is 11.5. The van der Waals surface area contributed by atoms with Crippen molar-refractivity contribution >= 4 is 19.5 Å². The third-order valence-electron chi connectivity index (χ3n) is 1.42. The lowest BCUT2D eigenvalue weighted by molar-refractivity contribution is -0.150. The molecule has 0 aliphatic rings. The Labute approximate surface area is 78.0 Å². The number of hydrogen-bond donors (Lipinski definition) is 5. The molecule has 2 atom stereocenters. The number of hydrogen-bond acceptors (Lipinski definition) is 4. The molecule has 0 aliphatic heterocycles. The highest BCUT2D eigenvalue weighted by Gasteiger charge is 2.40. The van der Waals surface area contributed by atoms with Gasteiger partial charge in [0.25, 0.3) is 0 Å². The van der Waals surface area contributed by atoms with Gasteiger partial charge >= 0.3 is 19.5 Å². The molecule has 0 aromatic heterocycles. The molecule has 0 fully saturated rings. The predicted molar refractivity (Wildman–Crippen MR) is 41.4 cm³/mol. The summed E-state index contributed by atoms with van der Waals surface area (Å²) in [4.78, 5) is 37.3. The van der Waals surface area contributed by atoms with Crippen LogP contribution in [0.5, 0.6) is 0 Å². The Hall–Kier alpha value is -0.950. The number of carboxylic acids is 2. The van der Waals surface area contributed by atoms with Crippen LogP contribution in [0.15, 0.2) is 0 Å². The maximum Gasteiger partial charge on any atom is 0.354 e. The molecule has 82 valence electrons. The molecule has 0 saturated heterocycles. The second kappa shape index (κ2) is 4.52. The molecular weight excluding hydrogens is 219 g/mol. The molecule has 0 aromatic carbocycles. The van der Waals surface area contributed by atoms with E-state index in [9.17, 15) is 14.2 Å². The van der Waals surface area contributed by atoms with E-state index in [1.54, 1.807) is 0 Å². The summed E-state index contributed by atoms with van der Waals surface area (Å²) in [7, 11) is -5.01. The van der Waals surface area contributed by atoms with E-state index in [1.165, 1.54) is 0 Å². The molecule has 0 saturated carbocycles. The highest BCUT2D eigenvalue weighted by atomic mass is 31.2. The molecule has 0 rings (SSSR count). The fourth-order valence-electron chi connectivity index (χ4n) is 0.743. The van der Waals surface area contributed by atoms with Crippen molar-refractivity contribution in [3.05, 3.63) is 0 Å². The van der Waals surface area contributed by atoms with Crippen LogP contribution < -0.4 is 0 Å². The highest BCUT2D eigenvalue weighted by Crippen LogP contribution is 2.44. The largest absolute Gasteiger partial charge is 0.481 e. The number of aliphatic hydroxyl groups is 1. The quantitative estimate of drug-likeness (QED) is 0.362. The van der Waals surface area contributed by atoms with Gasteiger partial charge in [-0.2, -0.15) is 0 Å². The van der Waals surface area contributed by atoms with E-state index in [2.05, 4.69) is 0 Å². The molecule has 0 spiro atoms. The molecule has 0 aliphatic carbocycles. The third-order valence-corrected chi connectivity index (χ3v) is 2.47. The number of carboxylic acid groups (broad SMARTS) is 2. The summed E-state index contributed by atoms with van der Waals surface area (Å²) in [5.74, 6) is -7.86. The first-order chi connectivity index (χ1) is 6.16. The van der Waals surface area contributed by atoms with Crippen LogP contribution >= 0.6 is 7.60 Å². The first-order valence-corrected chi connectivity index (χ1v) is 5.02. The summed E-state index contributed by atoms with van der Waals surface area (Å²) >= 11 is 0. The lowest BCUT2D eigenvalue weighted by Crippen LogP contribution is -2.30. The predicted octanol–water partition coefficient (Wildman–Crippen LogP) is -1.34. The molecule has 0 radical (unpaired) electrons. The maximum atomic E-state index is 10.4. The van der Waals surface area contributed by atoms with Gasteiger partial charge in [-0.3, -0.25) is 14.2 Å². The molecule has 5 N–H and O–H groups in total. The SMILES string of the molecule is O=C(O)CC(C(=O)O)C(O)P(=O)(O)O. The van der Waals surface area contributed by atoms with Gasteiger partial charge in [0.1, 0.15) is 5.92 Å². The molecular formula is C5H9O8P. The first kappa shape index (κ1) is 13.1. The number of carbonyl (C=O) groups is 2. The van der Waals surface area contributed by atoms with Crippen molar-refractivity contribution in [2.24, 2.45) is 5.92 Å². The normalized spacial score (nSPS) is 15.9. The van der Waals surface area contributed by atoms with Gasteiger partial charge in [0.05, 0.1) is 6.42 Å². The lowest BCUT2D eigenvalue weighted by atomic mass is 10.1. The van der Waals surface area contributed by atoms with Crippen molar-refractivity contribution < 1.29 is 39.3 Å². The van der Waals surface area contributed by atoms with Crippen molar-refractivity contribution in [3.8, 4) is 0 Å². The fraction of sp³-hybridized carbons (Fsp3) is 0.600. The summed E-state index contributed by atoms with van der Waals surface area (Å²) in [6, 6.07) is 0. The van der Waals surface area contributed by atoms with Crippen molar-refractivity contribution in [3.63, 3.8) is 0 Å². The molecule has 0 bridgehead atoms. The van der Waals surface area contributed by atoms with Crippen LogP contribution in [-0.2, 0) is 14.2 Å². The van der Waals surface area contributed by atoms with E-state index in [4.69, 9.17) is 25.1 Å². The Morgan fingerprint density at radius 1 is 1.21 bits per heavy atom. The van der Waals surface area contributed by atoms with E-state index >= 15 is 0 Å². The summed E-state index contributed by atoms with van der Waals surface area (Å²) in [5.41, 5.74) is 0. The van der Waals surface area contributed by atoms with Crippen LogP contribution in [0.3, 0.4) is 0 Å². The molecule has 0 aromatic rings. The molecule has 8 nitrogen and oxygen atoms in total. The van der Waals surface area contributed by atoms with E-state index in [-0.39, 0.29) is 0 Å². The number of aliphatic hydroxyl groups excluding tert-OH is 1. The third kappa shape index (κ3) is 3.84. The van der Waals surface area contributed by atoms with Crippen LogP contribution in [0.2, 0.25) is 0 Å². The van der Waals surface area contributed by atoms with E-state index < -0.39 is 37.7 Å². The summed E-state index contributed by atoms with van der Waals surface area (Å²) in [6.45, 7) is 0. The minimum absolute atomic E-state index is 1.05. The monoisotopic (exact) mass is 228 g/mol. The Bertz CT molecular complexity index is 279. The topological polar surface area (TPSA) is 152 Å². The van der Waals surface area contributed by atoms with E-state index in [1.807, 2.05) is 0 Å². The Balaban J connectivity index is 4.75. The molecule has 0 amide bonds. The van der Waals surface area contributed by atoms with Crippen molar-refractivity contribution in [2.45, 2.75) is 12.3 Å². The van der Waals surface area contributed by atoms with Gasteiger partial charge in [-0.15, -0.1) is 0 Å². The van der Waals surface area contributed by atoms with Crippen LogP contribution in [0.4, 0.5) is 0 Å². The van der Waals surface area contributed by atoms with Gasteiger partial charge in [0, 0.05) is 0 Å². The van der Waals surface area contributed by atoms with Gasteiger partial charge < -0.3 is 25.1 Å². The maximum absolute atomic E-state index is 10.4. The Morgan fingerprint density at radius 2 is 1.64 bits per heavy atom. The van der Waals surface area contributed by atoms with Crippen LogP contribution in [-0.4, -0.2) is 42.9 Å². The van der Waals surface area contributed by atoms with Crippen molar-refractivity contribution in [1.82, 2.24) is 0 Å². The zero-order valence-corrected chi connectivity index (χ0v) is 7.66. The lowest BCUT2D eigenvalue weighted by Gasteiger charge is -2.17. The highest BCUT2D eigenvalue weighted by molar-refractivity contribution is 7.52. The second-order valence-electron chi connectivity index (χ2n) is 2.55. The minimum atomic E-state index is -5.01. The summed E-state index contributed by atoms with van der Waals surface area (Å²) < 4.78 is 10.4. The summed E-state index contributed by atoms with van der Waals surface area (Å²) in [5, 5.41) is 25.5. The second-order valence-corrected chi connectivity index (χ2v) is 4.25. The Morgan fingerprint density at radius 3 is 1.86 bits per heavy atom. The molecule has 14 heavy (non-hydrogen) atoms. The van der Waals surface area contributed by atoms with Gasteiger partial charge in [0.15, 0.2) is 5.85 Å². The van der Waals surface area contributed by atoms with E-state index in [0.29, 0.717) is 0 Å². The smallest absolute Gasteiger partial charge is 0.354 e. The molecule has 0 heterocycles. The van der Waals surface area contributed by atoms with Crippen LogP contribution in [0.25, 0.3) is 0 Å². The number of rotatable bonds is 5. The zero-order valence-electron chi connectivity index (χ0n) is 6.77. The van der Waals surface area contributed by atoms with Gasteiger partial charge in [0.2, 0.25) is 0 Å². The van der Waals surface area contributed by atoms with Crippen molar-refractivity contribution in [1.29, 1.82) is 0 Å². The van der Waals surface area contributed by atoms with Crippen LogP contribution in [0.1, 0.15) is 6.42 Å². The minimum Gasteiger partial charge on any atom is -0.481 e. The molecule has 9 heteroatoms. The van der Waals surface area contributed by atoms with Gasteiger partial charge in [-0.25, -0.2) is 0 Å². The number of aliphatic carboxylic acids is 2. The molecule has 2 unspecified atom stereocenters. The average molecular weight is 228 g/mol. The standard InChI is InChI=1S/C5H9O8P/c6-3(7)1-2(4(8)9)5(10)14(11,12)13/h2,5,10H,1H2,(H,6,7)(H,8,9)(H2,11,12,13).